The Labute approximate surface area is 111 Å². The van der Waals surface area contributed by atoms with E-state index in [1.165, 1.54) is 19.3 Å². The average Bonchev–Trinajstić information content (AvgIpc) is 2.66. The van der Waals surface area contributed by atoms with Crippen molar-refractivity contribution >= 4 is 9.84 Å². The summed E-state index contributed by atoms with van der Waals surface area (Å²) in [6.45, 7) is 5.26. The summed E-state index contributed by atoms with van der Waals surface area (Å²) in [6, 6.07) is 0.367. The van der Waals surface area contributed by atoms with E-state index in [9.17, 15) is 8.42 Å². The summed E-state index contributed by atoms with van der Waals surface area (Å²) in [5, 5.41) is 3.46. The van der Waals surface area contributed by atoms with Crippen LogP contribution in [0.1, 0.15) is 39.0 Å². The van der Waals surface area contributed by atoms with E-state index < -0.39 is 9.84 Å². The van der Waals surface area contributed by atoms with Crippen molar-refractivity contribution in [3.05, 3.63) is 0 Å². The first kappa shape index (κ1) is 14.3. The van der Waals surface area contributed by atoms with Crippen LogP contribution >= 0.6 is 0 Å². The molecule has 4 nitrogen and oxygen atoms in total. The quantitative estimate of drug-likeness (QED) is 0.761. The lowest BCUT2D eigenvalue weighted by atomic mass is 10.0. The molecule has 0 aliphatic carbocycles. The lowest BCUT2D eigenvalue weighted by molar-refractivity contribution is 0.155. The molecule has 2 fully saturated rings. The molecule has 2 atom stereocenters. The van der Waals surface area contributed by atoms with Gasteiger partial charge in [0.1, 0.15) is 0 Å². The number of rotatable bonds is 5. The summed E-state index contributed by atoms with van der Waals surface area (Å²) in [4.78, 5) is 2.40. The van der Waals surface area contributed by atoms with Crippen LogP contribution in [0.4, 0.5) is 0 Å². The van der Waals surface area contributed by atoms with Crippen LogP contribution in [0.25, 0.3) is 0 Å². The predicted molar refractivity (Wildman–Crippen MR) is 74.6 cm³/mol. The zero-order valence-corrected chi connectivity index (χ0v) is 12.2. The first-order valence-electron chi connectivity index (χ1n) is 7.30. The number of sulfone groups is 1. The summed E-state index contributed by atoms with van der Waals surface area (Å²) in [5.74, 6) is 0.689. The second kappa shape index (κ2) is 6.35. The van der Waals surface area contributed by atoms with Gasteiger partial charge in [0, 0.05) is 12.1 Å². The molecule has 5 heteroatoms. The normalized spacial score (nSPS) is 32.7. The third-order valence-corrected chi connectivity index (χ3v) is 5.84. The number of likely N-dealkylation sites (tertiary alicyclic amines) is 1. The van der Waals surface area contributed by atoms with Gasteiger partial charge in [-0.05, 0) is 38.9 Å². The molecule has 1 N–H and O–H groups in total. The highest BCUT2D eigenvalue weighted by Gasteiger charge is 2.40. The fourth-order valence-corrected chi connectivity index (χ4v) is 5.08. The average molecular weight is 274 g/mol. The van der Waals surface area contributed by atoms with Gasteiger partial charge in [0.15, 0.2) is 9.84 Å². The summed E-state index contributed by atoms with van der Waals surface area (Å²) >= 11 is 0. The number of nitrogens with one attached hydrogen (secondary N) is 1. The molecule has 2 aliphatic heterocycles. The van der Waals surface area contributed by atoms with Crippen molar-refractivity contribution in [1.29, 1.82) is 0 Å². The molecule has 0 aromatic heterocycles. The van der Waals surface area contributed by atoms with Crippen molar-refractivity contribution in [3.8, 4) is 0 Å². The molecule has 0 amide bonds. The van der Waals surface area contributed by atoms with Gasteiger partial charge in [-0.1, -0.05) is 19.8 Å². The van der Waals surface area contributed by atoms with Gasteiger partial charge in [-0.3, -0.25) is 4.90 Å². The minimum atomic E-state index is -2.84. The predicted octanol–water partition coefficient (Wildman–Crippen LogP) is 1.03. The van der Waals surface area contributed by atoms with Crippen LogP contribution < -0.4 is 5.32 Å². The Hall–Kier alpha value is -0.130. The van der Waals surface area contributed by atoms with Gasteiger partial charge in [0.25, 0.3) is 0 Å². The molecule has 2 rings (SSSR count). The van der Waals surface area contributed by atoms with E-state index in [0.29, 0.717) is 11.5 Å². The van der Waals surface area contributed by atoms with Gasteiger partial charge in [0.2, 0.25) is 0 Å². The molecule has 18 heavy (non-hydrogen) atoms. The summed E-state index contributed by atoms with van der Waals surface area (Å²) in [6.07, 6.45) is 6.02. The van der Waals surface area contributed by atoms with Crippen molar-refractivity contribution in [2.24, 2.45) is 0 Å². The molecule has 106 valence electrons. The highest BCUT2D eigenvalue weighted by Crippen LogP contribution is 2.22. The minimum Gasteiger partial charge on any atom is -0.311 e. The Morgan fingerprint density at radius 1 is 1.17 bits per heavy atom. The Morgan fingerprint density at radius 2 is 1.89 bits per heavy atom. The summed E-state index contributed by atoms with van der Waals surface area (Å²) in [7, 11) is -2.84. The van der Waals surface area contributed by atoms with Gasteiger partial charge in [0.05, 0.1) is 11.5 Å². The zero-order valence-electron chi connectivity index (χ0n) is 11.4. The van der Waals surface area contributed by atoms with Crippen molar-refractivity contribution < 1.29 is 8.42 Å². The first-order valence-corrected chi connectivity index (χ1v) is 9.12. The van der Waals surface area contributed by atoms with Crippen molar-refractivity contribution in [2.75, 3.05) is 31.1 Å². The molecular formula is C13H26N2O2S. The van der Waals surface area contributed by atoms with Crippen molar-refractivity contribution in [1.82, 2.24) is 10.2 Å². The minimum absolute atomic E-state index is 0.152. The molecule has 2 aliphatic rings. The van der Waals surface area contributed by atoms with Crippen molar-refractivity contribution in [2.45, 2.75) is 51.1 Å². The van der Waals surface area contributed by atoms with Crippen LogP contribution in [0.3, 0.4) is 0 Å². The van der Waals surface area contributed by atoms with E-state index in [1.54, 1.807) is 0 Å². The van der Waals surface area contributed by atoms with Crippen LogP contribution in [0.2, 0.25) is 0 Å². The monoisotopic (exact) mass is 274 g/mol. The number of hydrogen-bond donors (Lipinski definition) is 1. The molecule has 0 bridgehead atoms. The lowest BCUT2D eigenvalue weighted by Gasteiger charge is -2.35. The molecule has 0 spiro atoms. The summed E-state index contributed by atoms with van der Waals surface area (Å²) < 4.78 is 23.7. The first-order chi connectivity index (χ1) is 8.62. The molecule has 2 saturated heterocycles. The SMILES string of the molecule is CCCCN[C@H]1CS(=O)(=O)C[C@H]1N1CCCCC1. The number of nitrogens with zero attached hydrogens (tertiary/aromatic N) is 1. The van der Waals surface area contributed by atoms with Gasteiger partial charge in [-0.2, -0.15) is 0 Å². The Bertz CT molecular complexity index is 350. The highest BCUT2D eigenvalue weighted by atomic mass is 32.2. The van der Waals surface area contributed by atoms with Gasteiger partial charge in [-0.25, -0.2) is 8.42 Å². The van der Waals surface area contributed by atoms with Gasteiger partial charge >= 0.3 is 0 Å². The summed E-state index contributed by atoms with van der Waals surface area (Å²) in [5.41, 5.74) is 0. The maximum atomic E-state index is 11.9. The molecular weight excluding hydrogens is 248 g/mol. The van der Waals surface area contributed by atoms with E-state index in [-0.39, 0.29) is 12.1 Å². The Morgan fingerprint density at radius 3 is 2.56 bits per heavy atom. The molecule has 0 unspecified atom stereocenters. The topological polar surface area (TPSA) is 49.4 Å². The third kappa shape index (κ3) is 3.68. The third-order valence-electron chi connectivity index (χ3n) is 4.12. The fourth-order valence-electron chi connectivity index (χ4n) is 3.10. The van der Waals surface area contributed by atoms with E-state index in [0.717, 1.165) is 32.5 Å². The molecule has 2 heterocycles. The van der Waals surface area contributed by atoms with Gasteiger partial charge in [-0.15, -0.1) is 0 Å². The molecule has 0 saturated carbocycles. The standard InChI is InChI=1S/C13H26N2O2S/c1-2-3-7-14-12-10-18(16,17)11-13(12)15-8-5-4-6-9-15/h12-14H,2-11H2,1H3/t12-,13+/m0/s1. The van der Waals surface area contributed by atoms with Crippen LogP contribution in [0, 0.1) is 0 Å². The molecule has 0 aromatic carbocycles. The number of unbranched alkanes of at least 4 members (excludes halogenated alkanes) is 1. The Balaban J connectivity index is 1.95. The van der Waals surface area contributed by atoms with E-state index in [2.05, 4.69) is 17.1 Å². The van der Waals surface area contributed by atoms with Crippen LogP contribution in [-0.4, -0.2) is 56.5 Å². The lowest BCUT2D eigenvalue weighted by Crippen LogP contribution is -2.51. The fraction of sp³-hybridized carbons (Fsp3) is 1.00. The zero-order chi connectivity index (χ0) is 13.0. The smallest absolute Gasteiger partial charge is 0.153 e. The molecule has 0 radical (unpaired) electrons. The van der Waals surface area contributed by atoms with Crippen molar-refractivity contribution in [3.63, 3.8) is 0 Å². The number of piperidine rings is 1. The van der Waals surface area contributed by atoms with E-state index >= 15 is 0 Å². The van der Waals surface area contributed by atoms with Crippen LogP contribution in [-0.2, 0) is 9.84 Å². The maximum Gasteiger partial charge on any atom is 0.153 e. The van der Waals surface area contributed by atoms with E-state index in [4.69, 9.17) is 0 Å². The van der Waals surface area contributed by atoms with Crippen LogP contribution in [0.15, 0.2) is 0 Å². The number of hydrogen-bond acceptors (Lipinski definition) is 4. The largest absolute Gasteiger partial charge is 0.311 e. The second-order valence-corrected chi connectivity index (χ2v) is 7.81. The second-order valence-electron chi connectivity index (χ2n) is 5.66. The Kier molecular flexibility index (Phi) is 5.04. The van der Waals surface area contributed by atoms with Gasteiger partial charge < -0.3 is 5.32 Å². The highest BCUT2D eigenvalue weighted by molar-refractivity contribution is 7.91. The molecule has 0 aromatic rings. The van der Waals surface area contributed by atoms with Crippen LogP contribution in [0.5, 0.6) is 0 Å². The van der Waals surface area contributed by atoms with E-state index in [1.807, 2.05) is 0 Å². The maximum absolute atomic E-state index is 11.9.